The SMILES string of the molecule is CC(C)NS(=O)(=O)Cc1ccccc1CNCc1ccsc1. The maximum Gasteiger partial charge on any atom is 0.216 e. The van der Waals surface area contributed by atoms with Crippen molar-refractivity contribution < 1.29 is 8.42 Å². The smallest absolute Gasteiger partial charge is 0.216 e. The van der Waals surface area contributed by atoms with Gasteiger partial charge >= 0.3 is 0 Å². The van der Waals surface area contributed by atoms with Crippen LogP contribution in [0, 0.1) is 0 Å². The molecule has 0 saturated heterocycles. The molecule has 1 aromatic heterocycles. The Bertz CT molecular complexity index is 680. The Morgan fingerprint density at radius 2 is 1.82 bits per heavy atom. The van der Waals surface area contributed by atoms with Crippen LogP contribution in [0.3, 0.4) is 0 Å². The van der Waals surface area contributed by atoms with Gasteiger partial charge in [0.1, 0.15) is 0 Å². The Kier molecular flexibility index (Phi) is 6.14. The number of hydrogen-bond donors (Lipinski definition) is 2. The van der Waals surface area contributed by atoms with Crippen LogP contribution in [-0.4, -0.2) is 14.5 Å². The van der Waals surface area contributed by atoms with Crippen LogP contribution in [0.2, 0.25) is 0 Å². The molecule has 0 radical (unpaired) electrons. The van der Waals surface area contributed by atoms with Crippen LogP contribution >= 0.6 is 11.3 Å². The van der Waals surface area contributed by atoms with Crippen molar-refractivity contribution in [3.8, 4) is 0 Å². The fraction of sp³-hybridized carbons (Fsp3) is 0.375. The Labute approximate surface area is 136 Å². The van der Waals surface area contributed by atoms with Crippen LogP contribution < -0.4 is 10.0 Å². The zero-order valence-corrected chi connectivity index (χ0v) is 14.5. The number of rotatable bonds is 8. The van der Waals surface area contributed by atoms with E-state index in [0.29, 0.717) is 6.54 Å². The molecule has 2 aromatic rings. The first-order chi connectivity index (χ1) is 10.5. The molecule has 0 aliphatic carbocycles. The third-order valence-corrected chi connectivity index (χ3v) is 5.36. The molecule has 2 N–H and O–H groups in total. The average molecular weight is 338 g/mol. The van der Waals surface area contributed by atoms with E-state index in [1.165, 1.54) is 5.56 Å². The second kappa shape index (κ2) is 7.87. The topological polar surface area (TPSA) is 58.2 Å². The molecule has 2 rings (SSSR count). The summed E-state index contributed by atoms with van der Waals surface area (Å²) in [4.78, 5) is 0. The van der Waals surface area contributed by atoms with E-state index in [1.54, 1.807) is 11.3 Å². The second-order valence-corrected chi connectivity index (χ2v) is 8.07. The Hall–Kier alpha value is -1.21. The van der Waals surface area contributed by atoms with Crippen molar-refractivity contribution in [1.29, 1.82) is 0 Å². The first kappa shape index (κ1) is 17.1. The van der Waals surface area contributed by atoms with Crippen LogP contribution in [-0.2, 0) is 28.9 Å². The van der Waals surface area contributed by atoms with Gasteiger partial charge in [0.2, 0.25) is 10.0 Å². The van der Waals surface area contributed by atoms with Gasteiger partial charge in [-0.05, 0) is 47.4 Å². The van der Waals surface area contributed by atoms with Crippen LogP contribution in [0.4, 0.5) is 0 Å². The minimum atomic E-state index is -3.30. The fourth-order valence-electron chi connectivity index (χ4n) is 2.21. The predicted molar refractivity (Wildman–Crippen MR) is 92.2 cm³/mol. The Balaban J connectivity index is 2.00. The molecule has 4 nitrogen and oxygen atoms in total. The summed E-state index contributed by atoms with van der Waals surface area (Å²) >= 11 is 1.67. The molecule has 1 aromatic carbocycles. The maximum atomic E-state index is 12.1. The molecule has 0 spiro atoms. The van der Waals surface area contributed by atoms with Gasteiger partial charge in [0.05, 0.1) is 5.75 Å². The summed E-state index contributed by atoms with van der Waals surface area (Å²) in [6, 6.07) is 9.66. The van der Waals surface area contributed by atoms with E-state index >= 15 is 0 Å². The minimum Gasteiger partial charge on any atom is -0.309 e. The lowest BCUT2D eigenvalue weighted by atomic mass is 10.1. The first-order valence-electron chi connectivity index (χ1n) is 7.25. The van der Waals surface area contributed by atoms with Gasteiger partial charge in [0.15, 0.2) is 0 Å². The highest BCUT2D eigenvalue weighted by Crippen LogP contribution is 2.13. The van der Waals surface area contributed by atoms with Gasteiger partial charge < -0.3 is 5.32 Å². The van der Waals surface area contributed by atoms with E-state index in [1.807, 2.05) is 38.1 Å². The molecule has 0 fully saturated rings. The summed E-state index contributed by atoms with van der Waals surface area (Å²) in [6.45, 7) is 5.09. The number of thiophene rings is 1. The molecule has 0 amide bonds. The van der Waals surface area contributed by atoms with Gasteiger partial charge in [-0.15, -0.1) is 0 Å². The summed E-state index contributed by atoms with van der Waals surface area (Å²) < 4.78 is 26.8. The molecular weight excluding hydrogens is 316 g/mol. The van der Waals surface area contributed by atoms with Gasteiger partial charge in [-0.2, -0.15) is 11.3 Å². The fourth-order valence-corrected chi connectivity index (χ4v) is 4.37. The summed E-state index contributed by atoms with van der Waals surface area (Å²) in [5.41, 5.74) is 3.11. The predicted octanol–water partition coefficient (Wildman–Crippen LogP) is 2.87. The third-order valence-electron chi connectivity index (χ3n) is 3.10. The standard InChI is InChI=1S/C16H22N2O2S2/c1-13(2)18-22(19,20)12-16-6-4-3-5-15(16)10-17-9-14-7-8-21-11-14/h3-8,11,13,17-18H,9-10,12H2,1-2H3. The van der Waals surface area contributed by atoms with Crippen molar-refractivity contribution in [2.45, 2.75) is 38.7 Å². The highest BCUT2D eigenvalue weighted by molar-refractivity contribution is 7.88. The van der Waals surface area contributed by atoms with Crippen LogP contribution in [0.15, 0.2) is 41.1 Å². The average Bonchev–Trinajstić information content (AvgIpc) is 2.92. The van der Waals surface area contributed by atoms with E-state index < -0.39 is 10.0 Å². The largest absolute Gasteiger partial charge is 0.309 e. The quantitative estimate of drug-likeness (QED) is 0.778. The van der Waals surface area contributed by atoms with Gasteiger partial charge in [0.25, 0.3) is 0 Å². The summed E-state index contributed by atoms with van der Waals surface area (Å²) in [5, 5.41) is 7.52. The molecule has 0 bridgehead atoms. The van der Waals surface area contributed by atoms with Crippen molar-refractivity contribution in [2.75, 3.05) is 0 Å². The zero-order valence-electron chi connectivity index (χ0n) is 12.9. The monoisotopic (exact) mass is 338 g/mol. The number of benzene rings is 1. The van der Waals surface area contributed by atoms with E-state index in [-0.39, 0.29) is 11.8 Å². The van der Waals surface area contributed by atoms with E-state index in [4.69, 9.17) is 0 Å². The van der Waals surface area contributed by atoms with Crippen LogP contribution in [0.5, 0.6) is 0 Å². The van der Waals surface area contributed by atoms with Crippen LogP contribution in [0.1, 0.15) is 30.5 Å². The summed E-state index contributed by atoms with van der Waals surface area (Å²) in [6.07, 6.45) is 0. The van der Waals surface area contributed by atoms with Gasteiger partial charge in [-0.3, -0.25) is 0 Å². The van der Waals surface area contributed by atoms with E-state index in [0.717, 1.165) is 17.7 Å². The molecular formula is C16H22N2O2S2. The number of sulfonamides is 1. The molecule has 0 saturated carbocycles. The van der Waals surface area contributed by atoms with Gasteiger partial charge in [-0.1, -0.05) is 24.3 Å². The van der Waals surface area contributed by atoms with Crippen molar-refractivity contribution in [1.82, 2.24) is 10.0 Å². The highest BCUT2D eigenvalue weighted by Gasteiger charge is 2.15. The second-order valence-electron chi connectivity index (χ2n) is 5.54. The molecule has 0 unspecified atom stereocenters. The number of hydrogen-bond acceptors (Lipinski definition) is 4. The van der Waals surface area contributed by atoms with Crippen molar-refractivity contribution >= 4 is 21.4 Å². The van der Waals surface area contributed by atoms with Crippen molar-refractivity contribution in [2.24, 2.45) is 0 Å². The normalized spacial score (nSPS) is 12.0. The van der Waals surface area contributed by atoms with E-state index in [9.17, 15) is 8.42 Å². The number of nitrogens with one attached hydrogen (secondary N) is 2. The Morgan fingerprint density at radius 3 is 2.45 bits per heavy atom. The van der Waals surface area contributed by atoms with Crippen molar-refractivity contribution in [3.05, 3.63) is 57.8 Å². The maximum absolute atomic E-state index is 12.1. The van der Waals surface area contributed by atoms with Crippen molar-refractivity contribution in [3.63, 3.8) is 0 Å². The molecule has 6 heteroatoms. The minimum absolute atomic E-state index is 0.0154. The van der Waals surface area contributed by atoms with Gasteiger partial charge in [-0.25, -0.2) is 13.1 Å². The Morgan fingerprint density at radius 1 is 1.09 bits per heavy atom. The lowest BCUT2D eigenvalue weighted by Crippen LogP contribution is -2.31. The lowest BCUT2D eigenvalue weighted by Gasteiger charge is -2.13. The zero-order chi connectivity index (χ0) is 16.0. The molecule has 0 atom stereocenters. The molecule has 120 valence electrons. The van der Waals surface area contributed by atoms with Gasteiger partial charge in [0, 0.05) is 19.1 Å². The molecule has 0 aliphatic rings. The molecule has 22 heavy (non-hydrogen) atoms. The highest BCUT2D eigenvalue weighted by atomic mass is 32.2. The van der Waals surface area contributed by atoms with Crippen LogP contribution in [0.25, 0.3) is 0 Å². The van der Waals surface area contributed by atoms with E-state index in [2.05, 4.69) is 26.9 Å². The summed E-state index contributed by atoms with van der Waals surface area (Å²) in [7, 11) is -3.30. The first-order valence-corrected chi connectivity index (χ1v) is 9.84. The summed E-state index contributed by atoms with van der Waals surface area (Å²) in [5.74, 6) is 0.0154. The third kappa shape index (κ3) is 5.53. The molecule has 1 heterocycles. The molecule has 0 aliphatic heterocycles. The lowest BCUT2D eigenvalue weighted by molar-refractivity contribution is 0.568.